The van der Waals surface area contributed by atoms with Crippen molar-refractivity contribution in [2.45, 2.75) is 6.92 Å². The smallest absolute Gasteiger partial charge is 0.219 e. The maximum atomic E-state index is 13.3. The first-order valence-electron chi connectivity index (χ1n) is 4.21. The molecule has 1 aliphatic heterocycles. The van der Waals surface area contributed by atoms with E-state index in [0.717, 1.165) is 5.56 Å². The number of rotatable bonds is 1. The maximum Gasteiger partial charge on any atom is 0.219 e. The number of hydrogen-bond acceptors (Lipinski definition) is 2. The summed E-state index contributed by atoms with van der Waals surface area (Å²) in [5, 5.41) is 0. The number of nitrogens with zero attached hydrogens (tertiary/aromatic N) is 1. The lowest BCUT2D eigenvalue weighted by atomic mass is 10.1. The quantitative estimate of drug-likeness (QED) is 0.645. The summed E-state index contributed by atoms with van der Waals surface area (Å²) in [7, 11) is 0. The van der Waals surface area contributed by atoms with Gasteiger partial charge in [0.2, 0.25) is 5.90 Å². The van der Waals surface area contributed by atoms with E-state index >= 15 is 0 Å². The van der Waals surface area contributed by atoms with Crippen LogP contribution in [-0.4, -0.2) is 19.0 Å². The first-order valence-corrected chi connectivity index (χ1v) is 4.21. The number of aryl methyl sites for hydroxylation is 1. The van der Waals surface area contributed by atoms with Crippen molar-refractivity contribution in [2.75, 3.05) is 13.2 Å². The van der Waals surface area contributed by atoms with Crippen LogP contribution in [0.5, 0.6) is 0 Å². The van der Waals surface area contributed by atoms with Crippen molar-refractivity contribution in [3.63, 3.8) is 0 Å². The molecule has 0 spiro atoms. The summed E-state index contributed by atoms with van der Waals surface area (Å²) in [5.41, 5.74) is 1.48. The van der Waals surface area contributed by atoms with E-state index < -0.39 is 0 Å². The summed E-state index contributed by atoms with van der Waals surface area (Å²) < 4.78 is 18.4. The number of aliphatic imine (C=N–C) groups is 1. The Hall–Kier alpha value is -1.38. The molecule has 1 aliphatic rings. The Bertz CT molecular complexity index is 360. The van der Waals surface area contributed by atoms with Crippen LogP contribution >= 0.6 is 0 Å². The van der Waals surface area contributed by atoms with Crippen molar-refractivity contribution in [3.05, 3.63) is 35.1 Å². The van der Waals surface area contributed by atoms with Gasteiger partial charge in [0, 0.05) is 0 Å². The lowest BCUT2D eigenvalue weighted by molar-refractivity contribution is 0.347. The Balaban J connectivity index is 2.43. The van der Waals surface area contributed by atoms with Crippen molar-refractivity contribution in [3.8, 4) is 0 Å². The van der Waals surface area contributed by atoms with Gasteiger partial charge in [-0.3, -0.25) is 0 Å². The van der Waals surface area contributed by atoms with E-state index in [1.54, 1.807) is 12.1 Å². The summed E-state index contributed by atoms with van der Waals surface area (Å²) >= 11 is 0. The molecule has 13 heavy (non-hydrogen) atoms. The first kappa shape index (κ1) is 8.23. The highest BCUT2D eigenvalue weighted by Crippen LogP contribution is 2.14. The van der Waals surface area contributed by atoms with Crippen LogP contribution in [0.25, 0.3) is 0 Å². The molecule has 1 aromatic carbocycles. The molecule has 0 aliphatic carbocycles. The van der Waals surface area contributed by atoms with Gasteiger partial charge in [-0.05, 0) is 19.1 Å². The van der Waals surface area contributed by atoms with Crippen LogP contribution < -0.4 is 0 Å². The minimum Gasteiger partial charge on any atom is -0.475 e. The Morgan fingerprint density at radius 2 is 2.31 bits per heavy atom. The molecule has 2 nitrogen and oxygen atoms in total. The normalized spacial score (nSPS) is 15.4. The predicted molar refractivity (Wildman–Crippen MR) is 48.5 cm³/mol. The number of ether oxygens (including phenoxy) is 1. The Morgan fingerprint density at radius 3 is 3.00 bits per heavy atom. The molecule has 0 aromatic heterocycles. The van der Waals surface area contributed by atoms with Crippen LogP contribution in [0.15, 0.2) is 23.2 Å². The highest BCUT2D eigenvalue weighted by atomic mass is 19.1. The van der Waals surface area contributed by atoms with Crippen molar-refractivity contribution in [1.82, 2.24) is 0 Å². The molecule has 0 saturated carbocycles. The van der Waals surface area contributed by atoms with E-state index in [1.165, 1.54) is 6.07 Å². The Kier molecular flexibility index (Phi) is 2.00. The van der Waals surface area contributed by atoms with Crippen LogP contribution in [0.4, 0.5) is 4.39 Å². The number of halogens is 1. The van der Waals surface area contributed by atoms with Gasteiger partial charge in [0.15, 0.2) is 0 Å². The molecule has 0 N–H and O–H groups in total. The van der Waals surface area contributed by atoms with Gasteiger partial charge >= 0.3 is 0 Å². The van der Waals surface area contributed by atoms with Crippen LogP contribution in [0.2, 0.25) is 0 Å². The van der Waals surface area contributed by atoms with E-state index in [4.69, 9.17) is 4.74 Å². The van der Waals surface area contributed by atoms with Gasteiger partial charge < -0.3 is 4.74 Å². The van der Waals surface area contributed by atoms with Gasteiger partial charge in [0.1, 0.15) is 12.4 Å². The zero-order valence-electron chi connectivity index (χ0n) is 7.38. The topological polar surface area (TPSA) is 21.6 Å². The molecule has 0 atom stereocenters. The summed E-state index contributed by atoms with van der Waals surface area (Å²) in [6, 6.07) is 4.92. The van der Waals surface area contributed by atoms with Gasteiger partial charge in [-0.2, -0.15) is 0 Å². The third-order valence-electron chi connectivity index (χ3n) is 1.94. The lowest BCUT2D eigenvalue weighted by Gasteiger charge is -2.03. The Labute approximate surface area is 76.1 Å². The molecule has 1 heterocycles. The van der Waals surface area contributed by atoms with Crippen LogP contribution in [0, 0.1) is 12.7 Å². The van der Waals surface area contributed by atoms with Gasteiger partial charge in [-0.25, -0.2) is 9.38 Å². The molecule has 0 bridgehead atoms. The second kappa shape index (κ2) is 3.17. The van der Waals surface area contributed by atoms with E-state index in [9.17, 15) is 4.39 Å². The van der Waals surface area contributed by atoms with Crippen LogP contribution in [-0.2, 0) is 4.74 Å². The van der Waals surface area contributed by atoms with E-state index in [1.807, 2.05) is 6.92 Å². The number of hydrogen-bond donors (Lipinski definition) is 0. The minimum absolute atomic E-state index is 0.272. The lowest BCUT2D eigenvalue weighted by Crippen LogP contribution is -2.04. The van der Waals surface area contributed by atoms with Crippen LogP contribution in [0.1, 0.15) is 11.1 Å². The van der Waals surface area contributed by atoms with Crippen molar-refractivity contribution in [2.24, 2.45) is 4.99 Å². The van der Waals surface area contributed by atoms with Crippen molar-refractivity contribution < 1.29 is 9.13 Å². The zero-order valence-corrected chi connectivity index (χ0v) is 7.38. The molecule has 0 saturated heterocycles. The summed E-state index contributed by atoms with van der Waals surface area (Å²) in [4.78, 5) is 4.06. The Morgan fingerprint density at radius 1 is 1.46 bits per heavy atom. The second-order valence-electron chi connectivity index (χ2n) is 3.02. The molecule has 2 rings (SSSR count). The third kappa shape index (κ3) is 1.54. The summed E-state index contributed by atoms with van der Waals surface area (Å²) in [5.74, 6) is 0.160. The monoisotopic (exact) mass is 179 g/mol. The molecule has 0 unspecified atom stereocenters. The summed E-state index contributed by atoms with van der Waals surface area (Å²) in [6.07, 6.45) is 0. The molecule has 1 aromatic rings. The standard InChI is InChI=1S/C10H10FNO/c1-7-2-3-9(11)8(6-7)10-12-4-5-13-10/h2-3,6H,4-5H2,1H3. The second-order valence-corrected chi connectivity index (χ2v) is 3.02. The van der Waals surface area contributed by atoms with E-state index in [0.29, 0.717) is 24.6 Å². The van der Waals surface area contributed by atoms with Gasteiger partial charge in [-0.1, -0.05) is 11.6 Å². The highest BCUT2D eigenvalue weighted by molar-refractivity contribution is 5.95. The van der Waals surface area contributed by atoms with E-state index in [-0.39, 0.29) is 5.82 Å². The summed E-state index contributed by atoms with van der Waals surface area (Å²) in [6.45, 7) is 3.10. The molecule has 0 radical (unpaired) electrons. The maximum absolute atomic E-state index is 13.3. The molecule has 68 valence electrons. The average molecular weight is 179 g/mol. The first-order chi connectivity index (χ1) is 6.27. The van der Waals surface area contributed by atoms with Gasteiger partial charge in [0.25, 0.3) is 0 Å². The molecule has 3 heteroatoms. The fourth-order valence-electron chi connectivity index (χ4n) is 1.30. The van der Waals surface area contributed by atoms with Crippen LogP contribution in [0.3, 0.4) is 0 Å². The zero-order chi connectivity index (χ0) is 9.26. The minimum atomic E-state index is -0.272. The molecule has 0 amide bonds. The number of benzene rings is 1. The molecule has 0 fully saturated rings. The average Bonchev–Trinajstić information content (AvgIpc) is 2.61. The predicted octanol–water partition coefficient (Wildman–Crippen LogP) is 1.91. The molecular weight excluding hydrogens is 169 g/mol. The van der Waals surface area contributed by atoms with Gasteiger partial charge in [-0.15, -0.1) is 0 Å². The largest absolute Gasteiger partial charge is 0.475 e. The fraction of sp³-hybridized carbons (Fsp3) is 0.300. The van der Waals surface area contributed by atoms with Crippen molar-refractivity contribution >= 4 is 5.90 Å². The van der Waals surface area contributed by atoms with E-state index in [2.05, 4.69) is 4.99 Å². The fourth-order valence-corrected chi connectivity index (χ4v) is 1.30. The van der Waals surface area contributed by atoms with Gasteiger partial charge in [0.05, 0.1) is 12.1 Å². The molecular formula is C10H10FNO. The highest BCUT2D eigenvalue weighted by Gasteiger charge is 2.14. The third-order valence-corrected chi connectivity index (χ3v) is 1.94. The van der Waals surface area contributed by atoms with Crippen molar-refractivity contribution in [1.29, 1.82) is 0 Å². The SMILES string of the molecule is Cc1ccc(F)c(C2=NCCO2)c1.